The van der Waals surface area contributed by atoms with E-state index in [1.807, 2.05) is 42.7 Å². The van der Waals surface area contributed by atoms with Crippen LogP contribution in [0.1, 0.15) is 41.7 Å². The molecule has 1 aliphatic carbocycles. The SMILES string of the molecule is COc1nc(C(O)c2ccc(SC)cc2)ccc1C1CC1. The lowest BCUT2D eigenvalue weighted by Crippen LogP contribution is -2.05. The van der Waals surface area contributed by atoms with E-state index < -0.39 is 6.10 Å². The van der Waals surface area contributed by atoms with Gasteiger partial charge in [-0.15, -0.1) is 11.8 Å². The van der Waals surface area contributed by atoms with Crippen LogP contribution in [0.15, 0.2) is 41.3 Å². The van der Waals surface area contributed by atoms with Crippen LogP contribution in [-0.2, 0) is 0 Å². The van der Waals surface area contributed by atoms with Crippen molar-refractivity contribution in [2.24, 2.45) is 0 Å². The average Bonchev–Trinajstić information content (AvgIpc) is 3.38. The van der Waals surface area contributed by atoms with Crippen molar-refractivity contribution in [3.8, 4) is 5.88 Å². The molecule has 3 nitrogen and oxygen atoms in total. The van der Waals surface area contributed by atoms with Gasteiger partial charge in [-0.1, -0.05) is 18.2 Å². The molecule has 0 saturated heterocycles. The Balaban J connectivity index is 1.87. The van der Waals surface area contributed by atoms with E-state index in [1.165, 1.54) is 17.7 Å². The predicted molar refractivity (Wildman–Crippen MR) is 85.0 cm³/mol. The third-order valence-electron chi connectivity index (χ3n) is 3.83. The van der Waals surface area contributed by atoms with Gasteiger partial charge >= 0.3 is 0 Å². The molecule has 0 spiro atoms. The molecule has 1 fully saturated rings. The molecule has 0 aliphatic heterocycles. The Morgan fingerprint density at radius 2 is 1.90 bits per heavy atom. The van der Waals surface area contributed by atoms with Crippen LogP contribution in [0.25, 0.3) is 0 Å². The Bertz CT molecular complexity index is 623. The molecule has 0 amide bonds. The molecule has 1 N–H and O–H groups in total. The molecule has 1 aromatic carbocycles. The summed E-state index contributed by atoms with van der Waals surface area (Å²) in [6.07, 6.45) is 3.73. The van der Waals surface area contributed by atoms with Gasteiger partial charge in [0.1, 0.15) is 6.10 Å². The van der Waals surface area contributed by atoms with Crippen molar-refractivity contribution in [2.45, 2.75) is 29.8 Å². The molecule has 1 aliphatic rings. The largest absolute Gasteiger partial charge is 0.481 e. The first-order chi connectivity index (χ1) is 10.2. The summed E-state index contributed by atoms with van der Waals surface area (Å²) in [5.74, 6) is 1.23. The number of thioether (sulfide) groups is 1. The quantitative estimate of drug-likeness (QED) is 0.854. The van der Waals surface area contributed by atoms with E-state index >= 15 is 0 Å². The zero-order valence-corrected chi connectivity index (χ0v) is 13.1. The van der Waals surface area contributed by atoms with Gasteiger partial charge in [0.05, 0.1) is 12.8 Å². The normalized spacial score (nSPS) is 15.8. The Hall–Kier alpha value is -1.52. The van der Waals surface area contributed by atoms with Crippen molar-refractivity contribution in [3.63, 3.8) is 0 Å². The van der Waals surface area contributed by atoms with Gasteiger partial charge in [-0.3, -0.25) is 0 Å². The topological polar surface area (TPSA) is 42.4 Å². The van der Waals surface area contributed by atoms with E-state index in [0.29, 0.717) is 17.5 Å². The average molecular weight is 301 g/mol. The van der Waals surface area contributed by atoms with Crippen molar-refractivity contribution >= 4 is 11.8 Å². The molecule has 4 heteroatoms. The van der Waals surface area contributed by atoms with Crippen LogP contribution in [-0.4, -0.2) is 23.5 Å². The summed E-state index contributed by atoms with van der Waals surface area (Å²) in [5, 5.41) is 10.5. The van der Waals surface area contributed by atoms with E-state index in [4.69, 9.17) is 4.74 Å². The summed E-state index contributed by atoms with van der Waals surface area (Å²) in [7, 11) is 1.64. The lowest BCUT2D eigenvalue weighted by Gasteiger charge is -2.14. The van der Waals surface area contributed by atoms with Gasteiger partial charge in [-0.25, -0.2) is 4.98 Å². The fraction of sp³-hybridized carbons (Fsp3) is 0.353. The minimum Gasteiger partial charge on any atom is -0.481 e. The number of hydrogen-bond acceptors (Lipinski definition) is 4. The Morgan fingerprint density at radius 1 is 1.19 bits per heavy atom. The highest BCUT2D eigenvalue weighted by atomic mass is 32.2. The molecule has 21 heavy (non-hydrogen) atoms. The summed E-state index contributed by atoms with van der Waals surface area (Å²) in [6.45, 7) is 0. The van der Waals surface area contributed by atoms with Gasteiger partial charge in [-0.05, 0) is 48.8 Å². The molecule has 110 valence electrons. The molecule has 0 bridgehead atoms. The third-order valence-corrected chi connectivity index (χ3v) is 4.58. The summed E-state index contributed by atoms with van der Waals surface area (Å²) in [4.78, 5) is 5.67. The molecule has 1 saturated carbocycles. The van der Waals surface area contributed by atoms with Crippen LogP contribution in [0, 0.1) is 0 Å². The number of aromatic nitrogens is 1. The molecule has 1 atom stereocenters. The monoisotopic (exact) mass is 301 g/mol. The second-order valence-electron chi connectivity index (χ2n) is 5.28. The van der Waals surface area contributed by atoms with Crippen LogP contribution < -0.4 is 4.74 Å². The van der Waals surface area contributed by atoms with Crippen molar-refractivity contribution in [3.05, 3.63) is 53.2 Å². The van der Waals surface area contributed by atoms with Crippen LogP contribution in [0.3, 0.4) is 0 Å². The molecule has 1 heterocycles. The lowest BCUT2D eigenvalue weighted by atomic mass is 10.0. The fourth-order valence-corrected chi connectivity index (χ4v) is 2.85. The molecule has 0 radical (unpaired) electrons. The smallest absolute Gasteiger partial charge is 0.216 e. The number of aliphatic hydroxyl groups excluding tert-OH is 1. The minimum absolute atomic E-state index is 0.583. The molecule has 3 rings (SSSR count). The number of benzene rings is 1. The third kappa shape index (κ3) is 3.06. The zero-order chi connectivity index (χ0) is 14.8. The predicted octanol–water partition coefficient (Wildman–Crippen LogP) is 3.77. The van der Waals surface area contributed by atoms with Gasteiger partial charge in [0.15, 0.2) is 0 Å². The van der Waals surface area contributed by atoms with Crippen molar-refractivity contribution < 1.29 is 9.84 Å². The van der Waals surface area contributed by atoms with E-state index in [2.05, 4.69) is 4.98 Å². The van der Waals surface area contributed by atoms with E-state index in [9.17, 15) is 5.11 Å². The number of rotatable bonds is 5. The molecule has 1 unspecified atom stereocenters. The first-order valence-electron chi connectivity index (χ1n) is 7.09. The van der Waals surface area contributed by atoms with Gasteiger partial charge < -0.3 is 9.84 Å². The van der Waals surface area contributed by atoms with Crippen molar-refractivity contribution in [1.29, 1.82) is 0 Å². The van der Waals surface area contributed by atoms with E-state index in [1.54, 1.807) is 18.9 Å². The summed E-state index contributed by atoms with van der Waals surface area (Å²) in [6, 6.07) is 11.9. The summed E-state index contributed by atoms with van der Waals surface area (Å²) in [5.41, 5.74) is 2.64. The Labute approximate surface area is 129 Å². The second kappa shape index (κ2) is 6.08. The maximum atomic E-state index is 10.5. The highest BCUT2D eigenvalue weighted by Crippen LogP contribution is 2.44. The Morgan fingerprint density at radius 3 is 2.48 bits per heavy atom. The van der Waals surface area contributed by atoms with Crippen molar-refractivity contribution in [2.75, 3.05) is 13.4 Å². The highest BCUT2D eigenvalue weighted by molar-refractivity contribution is 7.98. The number of aliphatic hydroxyl groups is 1. The van der Waals surface area contributed by atoms with Gasteiger partial charge in [0, 0.05) is 10.5 Å². The van der Waals surface area contributed by atoms with Crippen LogP contribution >= 0.6 is 11.8 Å². The molecular weight excluding hydrogens is 282 g/mol. The second-order valence-corrected chi connectivity index (χ2v) is 6.16. The summed E-state index contributed by atoms with van der Waals surface area (Å²) < 4.78 is 5.38. The maximum absolute atomic E-state index is 10.5. The summed E-state index contributed by atoms with van der Waals surface area (Å²) >= 11 is 1.69. The highest BCUT2D eigenvalue weighted by Gasteiger charge is 2.28. The lowest BCUT2D eigenvalue weighted by molar-refractivity contribution is 0.213. The Kier molecular flexibility index (Phi) is 4.17. The molecular formula is C17H19NO2S. The first-order valence-corrected chi connectivity index (χ1v) is 8.32. The minimum atomic E-state index is -0.719. The zero-order valence-electron chi connectivity index (χ0n) is 12.2. The van der Waals surface area contributed by atoms with Crippen LogP contribution in [0.2, 0.25) is 0 Å². The molecule has 2 aromatic rings. The van der Waals surface area contributed by atoms with Gasteiger partial charge in [0.25, 0.3) is 0 Å². The maximum Gasteiger partial charge on any atom is 0.216 e. The van der Waals surface area contributed by atoms with E-state index in [-0.39, 0.29) is 0 Å². The number of nitrogens with zero attached hydrogens (tertiary/aromatic N) is 1. The number of ether oxygens (including phenoxy) is 1. The fourth-order valence-electron chi connectivity index (χ4n) is 2.44. The number of methoxy groups -OCH3 is 1. The van der Waals surface area contributed by atoms with Crippen LogP contribution in [0.5, 0.6) is 5.88 Å². The van der Waals surface area contributed by atoms with Crippen molar-refractivity contribution in [1.82, 2.24) is 4.98 Å². The molecule has 1 aromatic heterocycles. The standard InChI is InChI=1S/C17H19NO2S/c1-20-17-14(11-3-4-11)9-10-15(18-17)16(19)12-5-7-13(21-2)8-6-12/h5-11,16,19H,3-4H2,1-2H3. The number of hydrogen-bond donors (Lipinski definition) is 1. The van der Waals surface area contributed by atoms with Gasteiger partial charge in [0.2, 0.25) is 5.88 Å². The van der Waals surface area contributed by atoms with Gasteiger partial charge in [-0.2, -0.15) is 0 Å². The van der Waals surface area contributed by atoms with E-state index in [0.717, 1.165) is 11.1 Å². The van der Waals surface area contributed by atoms with Crippen LogP contribution in [0.4, 0.5) is 0 Å². The number of pyridine rings is 1. The first kappa shape index (κ1) is 14.4.